The average Bonchev–Trinajstić information content (AvgIpc) is 2.87. The smallest absolute Gasteiger partial charge is 0.360 e. The van der Waals surface area contributed by atoms with E-state index in [0.717, 1.165) is 39.1 Å². The summed E-state index contributed by atoms with van der Waals surface area (Å²) < 4.78 is 4.54. The van der Waals surface area contributed by atoms with Crippen molar-refractivity contribution in [3.05, 3.63) is 94.5 Å². The van der Waals surface area contributed by atoms with Gasteiger partial charge >= 0.3 is 5.97 Å². The summed E-state index contributed by atoms with van der Waals surface area (Å²) in [5, 5.41) is 8.29. The maximum atomic E-state index is 12.3. The van der Waals surface area contributed by atoms with Crippen LogP contribution in [0, 0.1) is 6.92 Å². The van der Waals surface area contributed by atoms with E-state index in [1.807, 2.05) is 44.2 Å². The summed E-state index contributed by atoms with van der Waals surface area (Å²) in [6.07, 6.45) is 0. The number of rotatable bonds is 9. The van der Waals surface area contributed by atoms with Gasteiger partial charge < -0.3 is 14.4 Å². The van der Waals surface area contributed by atoms with E-state index in [0.29, 0.717) is 5.56 Å². The largest absolute Gasteiger partial charge is 0.464 e. The summed E-state index contributed by atoms with van der Waals surface area (Å²) in [5.74, 6) is -0.593. The molecule has 36 heavy (non-hydrogen) atoms. The number of nitrogens with zero attached hydrogens (tertiary/aromatic N) is 2. The minimum Gasteiger partial charge on any atom is -0.464 e. The second-order valence-corrected chi connectivity index (χ2v) is 13.1. The number of hydrogen-bond donors (Lipinski definition) is 0. The molecule has 9 heteroatoms. The third-order valence-electron chi connectivity index (χ3n) is 5.62. The van der Waals surface area contributed by atoms with Gasteiger partial charge in [0.2, 0.25) is 0 Å². The quantitative estimate of drug-likeness (QED) is 0.148. The average molecular weight is 540 g/mol. The molecule has 0 aliphatic rings. The number of esters is 1. The van der Waals surface area contributed by atoms with E-state index < -0.39 is 5.97 Å². The highest BCUT2D eigenvalue weighted by atomic mass is 31.1. The van der Waals surface area contributed by atoms with Crippen molar-refractivity contribution < 1.29 is 19.2 Å². The molecule has 0 fully saturated rings. The minimum atomic E-state index is -0.593. The van der Waals surface area contributed by atoms with Gasteiger partial charge in [-0.1, -0.05) is 71.0 Å². The highest BCUT2D eigenvalue weighted by molar-refractivity contribution is 7.56. The molecule has 3 aromatic carbocycles. The number of hydrogen-bond acceptors (Lipinski definition) is 6. The van der Waals surface area contributed by atoms with Crippen LogP contribution in [0.1, 0.15) is 34.7 Å². The van der Waals surface area contributed by atoms with E-state index in [1.54, 1.807) is 6.07 Å². The molecule has 3 atom stereocenters. The number of oxime groups is 2. The lowest BCUT2D eigenvalue weighted by Gasteiger charge is -2.23. The van der Waals surface area contributed by atoms with Crippen molar-refractivity contribution in [2.45, 2.75) is 25.1 Å². The van der Waals surface area contributed by atoms with Gasteiger partial charge in [0.1, 0.15) is 13.7 Å². The van der Waals surface area contributed by atoms with Crippen LogP contribution in [0.2, 0.25) is 0 Å². The van der Waals surface area contributed by atoms with Gasteiger partial charge in [-0.05, 0) is 42.2 Å². The van der Waals surface area contributed by atoms with Crippen molar-refractivity contribution in [3.8, 4) is 11.1 Å². The number of ether oxygens (including phenoxy) is 1. The second kappa shape index (κ2) is 12.5. The second-order valence-electron chi connectivity index (χ2n) is 8.22. The van der Waals surface area contributed by atoms with E-state index in [1.165, 1.54) is 14.2 Å². The molecule has 0 aromatic heterocycles. The van der Waals surface area contributed by atoms with Crippen molar-refractivity contribution in [3.63, 3.8) is 0 Å². The summed E-state index contributed by atoms with van der Waals surface area (Å²) in [7, 11) is 11.2. The van der Waals surface area contributed by atoms with Crippen LogP contribution in [0.25, 0.3) is 11.1 Å². The van der Waals surface area contributed by atoms with Crippen LogP contribution in [0.15, 0.2) is 77.0 Å². The first-order valence-electron chi connectivity index (χ1n) is 11.2. The van der Waals surface area contributed by atoms with Crippen molar-refractivity contribution >= 4 is 45.1 Å². The molecule has 6 nitrogen and oxygen atoms in total. The molecule has 0 heterocycles. The highest BCUT2D eigenvalue weighted by Gasteiger charge is 2.22. The summed E-state index contributed by atoms with van der Waals surface area (Å²) in [6, 6.07) is 22.1. The first-order chi connectivity index (χ1) is 17.2. The van der Waals surface area contributed by atoms with E-state index in [2.05, 4.69) is 68.4 Å². The molecule has 0 N–H and O–H groups in total. The van der Waals surface area contributed by atoms with Gasteiger partial charge in [-0.25, -0.2) is 4.79 Å². The van der Waals surface area contributed by atoms with Gasteiger partial charge in [0.25, 0.3) is 0 Å². The normalized spacial score (nSPS) is 12.3. The number of benzene rings is 3. The third kappa shape index (κ3) is 6.77. The predicted molar refractivity (Wildman–Crippen MR) is 156 cm³/mol. The van der Waals surface area contributed by atoms with Gasteiger partial charge in [-0.15, -0.1) is 27.7 Å². The maximum absolute atomic E-state index is 12.3. The molecule has 188 valence electrons. The first-order valence-corrected chi connectivity index (χ1v) is 12.9. The number of methoxy groups -OCH3 is 1. The van der Waals surface area contributed by atoms with Gasteiger partial charge in [-0.3, -0.25) is 0 Å². The fourth-order valence-electron chi connectivity index (χ4n) is 3.77. The van der Waals surface area contributed by atoms with E-state index in [-0.39, 0.29) is 17.0 Å². The molecule has 0 aliphatic heterocycles. The number of aryl methyl sites for hydroxylation is 1. The van der Waals surface area contributed by atoms with Crippen molar-refractivity contribution in [1.82, 2.24) is 0 Å². The summed E-state index contributed by atoms with van der Waals surface area (Å²) in [6.45, 7) is 3.99. The standard InChI is InChI=1S/C27H31N2O4P3/c1-17-9-8-12-22(25(29-32-4)26(30)31-3)23(17)16-33-28-18(2)21-14-13-20(15-24(21)27(34,35)36)19-10-6-5-7-11-19/h5-15H,16,34-36H2,1-4H3/b28-18+,29-25+. The van der Waals surface area contributed by atoms with Crippen LogP contribution in [0.3, 0.4) is 0 Å². The highest BCUT2D eigenvalue weighted by Crippen LogP contribution is 2.47. The molecule has 3 rings (SSSR count). The SMILES string of the molecule is CO/N=C(/C(=O)OC)c1cccc(C)c1CO/N=C(\C)c1ccc(-c2ccccc2)cc1C(P)(P)P. The molecular weight excluding hydrogens is 509 g/mol. The number of carbonyl (C=O) groups excluding carboxylic acids is 1. The Kier molecular flexibility index (Phi) is 9.74. The predicted octanol–water partition coefficient (Wildman–Crippen LogP) is 5.86. The summed E-state index contributed by atoms with van der Waals surface area (Å²) >= 11 is 0. The fraction of sp³-hybridized carbons (Fsp3) is 0.222. The molecule has 0 aliphatic carbocycles. The van der Waals surface area contributed by atoms with Crippen molar-refractivity contribution in [2.75, 3.05) is 14.2 Å². The zero-order valence-corrected chi connectivity index (χ0v) is 24.3. The number of carbonyl (C=O) groups is 1. The van der Waals surface area contributed by atoms with Gasteiger partial charge in [0, 0.05) is 21.3 Å². The third-order valence-corrected chi connectivity index (χ3v) is 6.55. The molecular formula is C27H31N2O4P3. The molecule has 0 radical (unpaired) electrons. The Balaban J connectivity index is 1.92. The minimum absolute atomic E-state index is 0.0700. The van der Waals surface area contributed by atoms with Gasteiger partial charge in [-0.2, -0.15) is 0 Å². The Bertz CT molecular complexity index is 1290. The van der Waals surface area contributed by atoms with Gasteiger partial charge in [0.05, 0.1) is 12.8 Å². The van der Waals surface area contributed by atoms with Crippen LogP contribution >= 0.6 is 27.7 Å². The van der Waals surface area contributed by atoms with E-state index in [9.17, 15) is 4.79 Å². The molecule has 3 unspecified atom stereocenters. The Morgan fingerprint density at radius 3 is 2.25 bits per heavy atom. The Labute approximate surface area is 219 Å². The first kappa shape index (κ1) is 27.9. The van der Waals surface area contributed by atoms with E-state index in [4.69, 9.17) is 14.4 Å². The Morgan fingerprint density at radius 1 is 0.889 bits per heavy atom. The lowest BCUT2D eigenvalue weighted by atomic mass is 9.97. The lowest BCUT2D eigenvalue weighted by Crippen LogP contribution is -2.20. The molecule has 0 saturated carbocycles. The molecule has 3 aromatic rings. The molecule has 0 bridgehead atoms. The van der Waals surface area contributed by atoms with Gasteiger partial charge in [0.15, 0.2) is 5.71 Å². The summed E-state index contributed by atoms with van der Waals surface area (Å²) in [5.41, 5.74) is 7.39. The molecule has 0 saturated heterocycles. The fourth-order valence-corrected chi connectivity index (χ4v) is 4.49. The monoisotopic (exact) mass is 540 g/mol. The topological polar surface area (TPSA) is 69.5 Å². The van der Waals surface area contributed by atoms with Crippen LogP contribution in [-0.4, -0.2) is 31.6 Å². The maximum Gasteiger partial charge on any atom is 0.360 e. The van der Waals surface area contributed by atoms with E-state index >= 15 is 0 Å². The molecule has 0 amide bonds. The summed E-state index contributed by atoms with van der Waals surface area (Å²) in [4.78, 5) is 23.0. The Morgan fingerprint density at radius 2 is 1.61 bits per heavy atom. The van der Waals surface area contributed by atoms with Crippen LogP contribution in [-0.2, 0) is 30.5 Å². The van der Waals surface area contributed by atoms with Crippen LogP contribution < -0.4 is 0 Å². The molecule has 0 spiro atoms. The van der Waals surface area contributed by atoms with Crippen molar-refractivity contribution in [1.29, 1.82) is 0 Å². The van der Waals surface area contributed by atoms with Crippen molar-refractivity contribution in [2.24, 2.45) is 10.3 Å². The Hall–Kier alpha value is -2.64. The lowest BCUT2D eigenvalue weighted by molar-refractivity contribution is -0.132. The zero-order valence-electron chi connectivity index (χ0n) is 20.8. The van der Waals surface area contributed by atoms with Crippen LogP contribution in [0.4, 0.5) is 0 Å². The van der Waals surface area contributed by atoms with Crippen LogP contribution in [0.5, 0.6) is 0 Å². The zero-order chi connectivity index (χ0) is 26.3.